The molecule has 1 heterocycles. The van der Waals surface area contributed by atoms with Gasteiger partial charge in [0.2, 0.25) is 11.8 Å². The van der Waals surface area contributed by atoms with E-state index in [1.54, 1.807) is 42.5 Å². The average Bonchev–Trinajstić information content (AvgIpc) is 2.88. The molecule has 0 saturated carbocycles. The van der Waals surface area contributed by atoms with Crippen LogP contribution in [0.15, 0.2) is 66.7 Å². The molecule has 0 unspecified atom stereocenters. The summed E-state index contributed by atoms with van der Waals surface area (Å²) in [6.07, 6.45) is 0.246. The third-order valence-electron chi connectivity index (χ3n) is 5.63. The Morgan fingerprint density at radius 2 is 1.78 bits per heavy atom. The maximum absolute atomic E-state index is 13.2. The van der Waals surface area contributed by atoms with Crippen molar-refractivity contribution in [2.24, 2.45) is 5.73 Å². The first-order valence-electron chi connectivity index (χ1n) is 11.8. The summed E-state index contributed by atoms with van der Waals surface area (Å²) < 4.78 is 17.5. The van der Waals surface area contributed by atoms with Crippen molar-refractivity contribution in [3.63, 3.8) is 0 Å². The lowest BCUT2D eigenvalue weighted by Gasteiger charge is -2.25. The van der Waals surface area contributed by atoms with Crippen molar-refractivity contribution >= 4 is 29.1 Å². The van der Waals surface area contributed by atoms with Crippen LogP contribution in [0, 0.1) is 0 Å². The van der Waals surface area contributed by atoms with Gasteiger partial charge >= 0.3 is 0 Å². The predicted octanol–water partition coefficient (Wildman–Crippen LogP) is 3.58. The van der Waals surface area contributed by atoms with Crippen LogP contribution in [-0.4, -0.2) is 60.8 Å². The van der Waals surface area contributed by atoms with Crippen LogP contribution in [-0.2, 0) is 20.7 Å². The van der Waals surface area contributed by atoms with E-state index < -0.39 is 17.9 Å². The minimum atomic E-state index is -0.887. The van der Waals surface area contributed by atoms with E-state index in [1.807, 2.05) is 12.1 Å². The molecule has 0 spiro atoms. The summed E-state index contributed by atoms with van der Waals surface area (Å²) in [6, 6.07) is 17.6. The van der Waals surface area contributed by atoms with Gasteiger partial charge in [0.25, 0.3) is 0 Å². The number of nitrogens with zero attached hydrogens (tertiary/aromatic N) is 1. The lowest BCUT2D eigenvalue weighted by atomic mass is 10.1. The molecule has 37 heavy (non-hydrogen) atoms. The van der Waals surface area contributed by atoms with Crippen molar-refractivity contribution in [1.29, 1.82) is 0 Å². The van der Waals surface area contributed by atoms with Crippen molar-refractivity contribution in [3.8, 4) is 23.0 Å². The average molecular weight is 526 g/mol. The Kier molecular flexibility index (Phi) is 8.84. The Morgan fingerprint density at radius 1 is 1.03 bits per heavy atom. The van der Waals surface area contributed by atoms with Gasteiger partial charge in [-0.05, 0) is 54.4 Å². The molecular formula is C27H28ClN3O6. The van der Waals surface area contributed by atoms with Gasteiger partial charge in [-0.15, -0.1) is 0 Å². The molecule has 0 aromatic heterocycles. The van der Waals surface area contributed by atoms with E-state index >= 15 is 0 Å². The number of halogens is 1. The van der Waals surface area contributed by atoms with Crippen molar-refractivity contribution < 1.29 is 28.9 Å². The Morgan fingerprint density at radius 3 is 2.57 bits per heavy atom. The predicted molar refractivity (Wildman–Crippen MR) is 139 cm³/mol. The Labute approximate surface area is 219 Å². The Balaban J connectivity index is 1.54. The van der Waals surface area contributed by atoms with Crippen molar-refractivity contribution in [1.82, 2.24) is 4.90 Å². The van der Waals surface area contributed by atoms with Crippen molar-refractivity contribution in [3.05, 3.63) is 77.3 Å². The highest BCUT2D eigenvalue weighted by Crippen LogP contribution is 2.36. The molecular weight excluding hydrogens is 498 g/mol. The molecule has 1 atom stereocenters. The van der Waals surface area contributed by atoms with Gasteiger partial charge in [0.05, 0.1) is 31.5 Å². The fraction of sp³-hybridized carbons (Fsp3) is 0.259. The smallest absolute Gasteiger partial charge is 0.244 e. The quantitative estimate of drug-likeness (QED) is 0.477. The number of hydrogen-bond acceptors (Lipinski definition) is 7. The van der Waals surface area contributed by atoms with E-state index in [2.05, 4.69) is 5.32 Å². The first-order chi connectivity index (χ1) is 17.9. The molecule has 9 nitrogen and oxygen atoms in total. The minimum absolute atomic E-state index is 0.125. The molecule has 0 aliphatic carbocycles. The lowest BCUT2D eigenvalue weighted by Crippen LogP contribution is -2.48. The summed E-state index contributed by atoms with van der Waals surface area (Å²) in [5.74, 6) is 0.623. The third kappa shape index (κ3) is 7.36. The summed E-state index contributed by atoms with van der Waals surface area (Å²) in [4.78, 5) is 27.6. The van der Waals surface area contributed by atoms with Crippen LogP contribution in [0.5, 0.6) is 23.0 Å². The molecule has 0 radical (unpaired) electrons. The van der Waals surface area contributed by atoms with E-state index in [9.17, 15) is 14.7 Å². The fourth-order valence-electron chi connectivity index (χ4n) is 3.79. The van der Waals surface area contributed by atoms with Crippen LogP contribution >= 0.6 is 11.6 Å². The summed E-state index contributed by atoms with van der Waals surface area (Å²) in [5.41, 5.74) is 7.34. The van der Waals surface area contributed by atoms with E-state index in [0.29, 0.717) is 28.0 Å². The molecule has 1 aliphatic rings. The van der Waals surface area contributed by atoms with Crippen molar-refractivity contribution in [2.45, 2.75) is 12.5 Å². The molecule has 0 fully saturated rings. The molecule has 0 saturated heterocycles. The standard InChI is InChI=1S/C27H28ClN3O6/c28-19-7-10-23-22(16-19)30-26(33)17-31(27(34)21(29)15-18-5-8-20(32)9-6-18)11-12-35-13-14-36-24-3-1-2-4-25(24)37-23/h1-10,16,21,32H,11-15,17,29H2,(H,30,33)/t21-/m0/s1. The topological polar surface area (TPSA) is 123 Å². The van der Waals surface area contributed by atoms with Gasteiger partial charge in [-0.2, -0.15) is 0 Å². The zero-order valence-corrected chi connectivity index (χ0v) is 20.8. The summed E-state index contributed by atoms with van der Waals surface area (Å²) >= 11 is 6.18. The fourth-order valence-corrected chi connectivity index (χ4v) is 3.96. The normalized spacial score (nSPS) is 15.5. The Hall–Kier alpha value is -3.79. The van der Waals surface area contributed by atoms with Crippen LogP contribution in [0.1, 0.15) is 5.56 Å². The maximum atomic E-state index is 13.2. The molecule has 2 amide bonds. The number of nitrogens with two attached hydrogens (primary N) is 1. The van der Waals surface area contributed by atoms with Crippen LogP contribution in [0.4, 0.5) is 5.69 Å². The number of para-hydroxylation sites is 2. The van der Waals surface area contributed by atoms with Crippen molar-refractivity contribution in [2.75, 3.05) is 38.2 Å². The molecule has 194 valence electrons. The van der Waals surface area contributed by atoms with Gasteiger partial charge in [-0.25, -0.2) is 0 Å². The number of aromatic hydroxyl groups is 1. The van der Waals surface area contributed by atoms with Crippen LogP contribution in [0.2, 0.25) is 5.02 Å². The van der Waals surface area contributed by atoms with Gasteiger partial charge in [0.15, 0.2) is 17.2 Å². The number of benzene rings is 3. The number of fused-ring (bicyclic) bond motifs is 2. The number of ether oxygens (including phenoxy) is 3. The molecule has 4 rings (SSSR count). The van der Waals surface area contributed by atoms with Crippen LogP contribution in [0.3, 0.4) is 0 Å². The van der Waals surface area contributed by atoms with Crippen LogP contribution in [0.25, 0.3) is 0 Å². The molecule has 10 heteroatoms. The number of hydrogen-bond donors (Lipinski definition) is 3. The molecule has 1 aliphatic heterocycles. The highest BCUT2D eigenvalue weighted by molar-refractivity contribution is 6.31. The van der Waals surface area contributed by atoms with Gasteiger partial charge in [-0.1, -0.05) is 35.9 Å². The highest BCUT2D eigenvalue weighted by atomic mass is 35.5. The van der Waals surface area contributed by atoms with Gasteiger partial charge in [0, 0.05) is 11.6 Å². The zero-order valence-electron chi connectivity index (χ0n) is 20.1. The number of rotatable bonds is 3. The van der Waals surface area contributed by atoms with E-state index in [4.69, 9.17) is 31.5 Å². The van der Waals surface area contributed by atoms with Gasteiger partial charge in [-0.3, -0.25) is 9.59 Å². The maximum Gasteiger partial charge on any atom is 0.244 e. The first-order valence-corrected chi connectivity index (χ1v) is 12.2. The van der Waals surface area contributed by atoms with E-state index in [-0.39, 0.29) is 45.1 Å². The molecule has 3 aromatic carbocycles. The van der Waals surface area contributed by atoms with Gasteiger partial charge in [0.1, 0.15) is 12.4 Å². The largest absolute Gasteiger partial charge is 0.508 e. The molecule has 3 aromatic rings. The summed E-state index contributed by atoms with van der Waals surface area (Å²) in [5, 5.41) is 12.7. The number of phenolic OH excluding ortho intramolecular Hbond substituents is 1. The van der Waals surface area contributed by atoms with E-state index in [0.717, 1.165) is 5.56 Å². The number of carbonyl (C=O) groups excluding carboxylic acids is 2. The Bertz CT molecular complexity index is 1240. The second kappa shape index (κ2) is 12.4. The number of phenols is 1. The number of nitrogens with one attached hydrogen (secondary N) is 1. The SMILES string of the molecule is N[C@@H](Cc1ccc(O)cc1)C(=O)N1CCOCCOc2ccccc2Oc2ccc(Cl)cc2NC(=O)C1. The molecule has 0 bridgehead atoms. The minimum Gasteiger partial charge on any atom is -0.508 e. The second-order valence-electron chi connectivity index (χ2n) is 8.44. The molecule has 4 N–H and O–H groups in total. The van der Waals surface area contributed by atoms with E-state index in [1.165, 1.54) is 17.0 Å². The highest BCUT2D eigenvalue weighted by Gasteiger charge is 2.24. The van der Waals surface area contributed by atoms with Crippen LogP contribution < -0.4 is 20.5 Å². The number of carbonyl (C=O) groups is 2. The monoisotopic (exact) mass is 525 g/mol. The third-order valence-corrected chi connectivity index (χ3v) is 5.87. The second-order valence-corrected chi connectivity index (χ2v) is 8.87. The number of amides is 2. The summed E-state index contributed by atoms with van der Waals surface area (Å²) in [7, 11) is 0. The summed E-state index contributed by atoms with van der Waals surface area (Å²) in [6.45, 7) is 0.637. The first kappa shape index (κ1) is 26.3. The zero-order chi connectivity index (χ0) is 26.2. The lowest BCUT2D eigenvalue weighted by molar-refractivity contribution is -0.136. The van der Waals surface area contributed by atoms with Gasteiger partial charge < -0.3 is 35.3 Å². The number of anilines is 1.